The van der Waals surface area contributed by atoms with Crippen LogP contribution in [0.25, 0.3) is 10.9 Å². The molecule has 1 N–H and O–H groups in total. The highest BCUT2D eigenvalue weighted by Gasteiger charge is 2.06. The molecule has 3 aromatic rings. The van der Waals surface area contributed by atoms with E-state index in [1.54, 1.807) is 6.20 Å². The van der Waals surface area contributed by atoms with Crippen LogP contribution in [-0.4, -0.2) is 13.7 Å². The fraction of sp³-hybridized carbons (Fsp3) is 0.286. The van der Waals surface area contributed by atoms with E-state index >= 15 is 0 Å². The second-order valence-corrected chi connectivity index (χ2v) is 5.37. The SMILES string of the molecule is CC(C)c1cc2ccc(OCc3cnsn3)cc2[nH]1. The molecule has 3 rings (SSSR count). The molecule has 0 bridgehead atoms. The molecular weight excluding hydrogens is 258 g/mol. The van der Waals surface area contributed by atoms with Crippen LogP contribution in [0.3, 0.4) is 0 Å². The lowest BCUT2D eigenvalue weighted by atomic mass is 10.1. The zero-order valence-electron chi connectivity index (χ0n) is 10.9. The lowest BCUT2D eigenvalue weighted by molar-refractivity contribution is 0.303. The Balaban J connectivity index is 1.80. The number of rotatable bonds is 4. The summed E-state index contributed by atoms with van der Waals surface area (Å²) in [5.41, 5.74) is 3.22. The van der Waals surface area contributed by atoms with Gasteiger partial charge in [0.05, 0.1) is 17.9 Å². The molecule has 98 valence electrons. The minimum Gasteiger partial charge on any atom is -0.487 e. The van der Waals surface area contributed by atoms with Gasteiger partial charge in [-0.2, -0.15) is 8.75 Å². The van der Waals surface area contributed by atoms with E-state index < -0.39 is 0 Å². The second-order valence-electron chi connectivity index (χ2n) is 4.82. The minimum atomic E-state index is 0.458. The molecule has 0 fully saturated rings. The van der Waals surface area contributed by atoms with Crippen molar-refractivity contribution in [3.05, 3.63) is 41.9 Å². The summed E-state index contributed by atoms with van der Waals surface area (Å²) in [7, 11) is 0. The predicted molar refractivity (Wildman–Crippen MR) is 76.6 cm³/mol. The van der Waals surface area contributed by atoms with Gasteiger partial charge in [0.25, 0.3) is 0 Å². The van der Waals surface area contributed by atoms with Crippen molar-refractivity contribution >= 4 is 22.6 Å². The molecule has 0 saturated carbocycles. The molecule has 2 aromatic heterocycles. The van der Waals surface area contributed by atoms with E-state index in [-0.39, 0.29) is 0 Å². The first-order valence-corrected chi connectivity index (χ1v) is 6.97. The Hall–Kier alpha value is -1.88. The van der Waals surface area contributed by atoms with Crippen molar-refractivity contribution < 1.29 is 4.74 Å². The van der Waals surface area contributed by atoms with Gasteiger partial charge in [-0.25, -0.2) is 0 Å². The maximum atomic E-state index is 5.71. The molecule has 0 aliphatic rings. The number of hydrogen-bond acceptors (Lipinski definition) is 4. The van der Waals surface area contributed by atoms with Crippen LogP contribution >= 0.6 is 11.7 Å². The molecule has 0 radical (unpaired) electrons. The number of benzene rings is 1. The molecule has 1 aromatic carbocycles. The van der Waals surface area contributed by atoms with Gasteiger partial charge in [-0.05, 0) is 29.5 Å². The molecule has 19 heavy (non-hydrogen) atoms. The molecular formula is C14H15N3OS. The molecule has 2 heterocycles. The van der Waals surface area contributed by atoms with Crippen molar-refractivity contribution in [3.63, 3.8) is 0 Å². The number of nitrogens with one attached hydrogen (secondary N) is 1. The van der Waals surface area contributed by atoms with Crippen LogP contribution in [0.4, 0.5) is 0 Å². The Morgan fingerprint density at radius 1 is 1.32 bits per heavy atom. The molecule has 5 heteroatoms. The van der Waals surface area contributed by atoms with Crippen molar-refractivity contribution in [1.29, 1.82) is 0 Å². The van der Waals surface area contributed by atoms with Gasteiger partial charge in [-0.15, -0.1) is 0 Å². The van der Waals surface area contributed by atoms with Crippen LogP contribution in [-0.2, 0) is 6.61 Å². The van der Waals surface area contributed by atoms with Gasteiger partial charge >= 0.3 is 0 Å². The number of aromatic nitrogens is 3. The smallest absolute Gasteiger partial charge is 0.133 e. The number of ether oxygens (including phenoxy) is 1. The molecule has 0 atom stereocenters. The Morgan fingerprint density at radius 2 is 2.21 bits per heavy atom. The summed E-state index contributed by atoms with van der Waals surface area (Å²) in [5, 5.41) is 1.21. The third-order valence-electron chi connectivity index (χ3n) is 3.03. The van der Waals surface area contributed by atoms with Crippen LogP contribution < -0.4 is 4.74 Å². The van der Waals surface area contributed by atoms with Crippen molar-refractivity contribution in [1.82, 2.24) is 13.7 Å². The van der Waals surface area contributed by atoms with E-state index in [1.807, 2.05) is 12.1 Å². The van der Waals surface area contributed by atoms with Crippen LogP contribution in [0.15, 0.2) is 30.5 Å². The summed E-state index contributed by atoms with van der Waals surface area (Å²) in [4.78, 5) is 3.42. The summed E-state index contributed by atoms with van der Waals surface area (Å²) >= 11 is 1.20. The summed E-state index contributed by atoms with van der Waals surface area (Å²) in [5.74, 6) is 1.34. The maximum absolute atomic E-state index is 5.71. The molecule has 0 aliphatic heterocycles. The topological polar surface area (TPSA) is 50.8 Å². The van der Waals surface area contributed by atoms with Gasteiger partial charge in [0.1, 0.15) is 18.1 Å². The zero-order valence-corrected chi connectivity index (χ0v) is 11.7. The molecule has 4 nitrogen and oxygen atoms in total. The predicted octanol–water partition coefficient (Wildman–Crippen LogP) is 3.72. The van der Waals surface area contributed by atoms with Crippen LogP contribution in [0.5, 0.6) is 5.75 Å². The van der Waals surface area contributed by atoms with E-state index in [0.29, 0.717) is 12.5 Å². The third-order valence-corrected chi connectivity index (χ3v) is 3.55. The van der Waals surface area contributed by atoms with Crippen LogP contribution in [0.1, 0.15) is 31.2 Å². The van der Waals surface area contributed by atoms with Gasteiger partial charge < -0.3 is 9.72 Å². The van der Waals surface area contributed by atoms with Crippen molar-refractivity contribution in [3.8, 4) is 5.75 Å². The number of fused-ring (bicyclic) bond motifs is 1. The fourth-order valence-electron chi connectivity index (χ4n) is 1.93. The summed E-state index contributed by atoms with van der Waals surface area (Å²) in [6, 6.07) is 8.28. The largest absolute Gasteiger partial charge is 0.487 e. The van der Waals surface area contributed by atoms with Gasteiger partial charge in [0, 0.05) is 17.3 Å². The van der Waals surface area contributed by atoms with Crippen molar-refractivity contribution in [2.75, 3.05) is 0 Å². The Kier molecular flexibility index (Phi) is 3.21. The molecule has 0 unspecified atom stereocenters. The van der Waals surface area contributed by atoms with E-state index in [4.69, 9.17) is 4.74 Å². The van der Waals surface area contributed by atoms with Gasteiger partial charge in [0.15, 0.2) is 0 Å². The molecule has 0 spiro atoms. The lowest BCUT2D eigenvalue weighted by Crippen LogP contribution is -1.94. The third kappa shape index (κ3) is 2.61. The van der Waals surface area contributed by atoms with Crippen LogP contribution in [0.2, 0.25) is 0 Å². The number of hydrogen-bond donors (Lipinski definition) is 1. The highest BCUT2D eigenvalue weighted by atomic mass is 32.1. The highest BCUT2D eigenvalue weighted by Crippen LogP contribution is 2.25. The van der Waals surface area contributed by atoms with E-state index in [1.165, 1.54) is 22.8 Å². The quantitative estimate of drug-likeness (QED) is 0.788. The number of nitrogens with zero attached hydrogens (tertiary/aromatic N) is 2. The first-order valence-electron chi connectivity index (χ1n) is 6.24. The van der Waals surface area contributed by atoms with Crippen LogP contribution in [0, 0.1) is 0 Å². The number of aromatic amines is 1. The Labute approximate surface area is 115 Å². The second kappa shape index (κ2) is 5.01. The number of H-pyrrole nitrogens is 1. The van der Waals surface area contributed by atoms with Crippen molar-refractivity contribution in [2.45, 2.75) is 26.4 Å². The summed E-state index contributed by atoms with van der Waals surface area (Å²) < 4.78 is 13.8. The zero-order chi connectivity index (χ0) is 13.2. The average Bonchev–Trinajstić information content (AvgIpc) is 3.04. The molecule has 0 aliphatic carbocycles. The standard InChI is InChI=1S/C14H15N3OS/c1-9(2)13-5-10-3-4-12(6-14(10)16-13)18-8-11-7-15-19-17-11/h3-7,9,16H,8H2,1-2H3. The fourth-order valence-corrected chi connectivity index (χ4v) is 2.35. The van der Waals surface area contributed by atoms with Gasteiger partial charge in [0.2, 0.25) is 0 Å². The summed E-state index contributed by atoms with van der Waals surface area (Å²) in [6.45, 7) is 4.81. The summed E-state index contributed by atoms with van der Waals surface area (Å²) in [6.07, 6.45) is 1.73. The van der Waals surface area contributed by atoms with E-state index in [2.05, 4.69) is 39.7 Å². The van der Waals surface area contributed by atoms with Crippen molar-refractivity contribution in [2.24, 2.45) is 0 Å². The molecule has 0 saturated heterocycles. The van der Waals surface area contributed by atoms with E-state index in [9.17, 15) is 0 Å². The monoisotopic (exact) mass is 273 g/mol. The Bertz CT molecular complexity index is 673. The highest BCUT2D eigenvalue weighted by molar-refractivity contribution is 6.99. The normalized spacial score (nSPS) is 11.3. The lowest BCUT2D eigenvalue weighted by Gasteiger charge is -2.03. The Morgan fingerprint density at radius 3 is 2.95 bits per heavy atom. The molecule has 0 amide bonds. The minimum absolute atomic E-state index is 0.458. The maximum Gasteiger partial charge on any atom is 0.133 e. The first-order chi connectivity index (χ1) is 9.22. The van der Waals surface area contributed by atoms with E-state index in [0.717, 1.165) is 17.0 Å². The van der Waals surface area contributed by atoms with Gasteiger partial charge in [-0.3, -0.25) is 0 Å². The first kappa shape index (κ1) is 12.2. The van der Waals surface area contributed by atoms with Gasteiger partial charge in [-0.1, -0.05) is 13.8 Å². The average molecular weight is 273 g/mol.